The molecule has 0 bridgehead atoms. The number of hydrogen-bond donors (Lipinski definition) is 1. The number of furan rings is 1. The largest absolute Gasteiger partial charge is 0.464 e. The summed E-state index contributed by atoms with van der Waals surface area (Å²) in [5.74, 6) is 1.79. The van der Waals surface area contributed by atoms with Crippen LogP contribution in [0.5, 0.6) is 0 Å². The molecule has 0 aliphatic carbocycles. The molecule has 2 aromatic rings. The van der Waals surface area contributed by atoms with Crippen LogP contribution in [-0.4, -0.2) is 31.7 Å². The lowest BCUT2D eigenvalue weighted by molar-refractivity contribution is 0.549. The molecule has 3 rings (SSSR count). The zero-order chi connectivity index (χ0) is 11.7. The SMILES string of the molecule is CNCC1CCN(c2nccc3occc23)C1. The second-order valence-electron chi connectivity index (χ2n) is 4.63. The molecular weight excluding hydrogens is 214 g/mol. The van der Waals surface area contributed by atoms with Gasteiger partial charge in [-0.2, -0.15) is 0 Å². The fourth-order valence-electron chi connectivity index (χ4n) is 2.61. The quantitative estimate of drug-likeness (QED) is 0.875. The maximum atomic E-state index is 5.41. The molecule has 3 heterocycles. The zero-order valence-electron chi connectivity index (χ0n) is 10.0. The fourth-order valence-corrected chi connectivity index (χ4v) is 2.61. The number of hydrogen-bond acceptors (Lipinski definition) is 4. The van der Waals surface area contributed by atoms with Crippen LogP contribution < -0.4 is 10.2 Å². The first-order valence-corrected chi connectivity index (χ1v) is 6.10. The Kier molecular flexibility index (Phi) is 2.73. The zero-order valence-corrected chi connectivity index (χ0v) is 10.0. The molecule has 4 nitrogen and oxygen atoms in total. The molecule has 1 fully saturated rings. The molecule has 0 radical (unpaired) electrons. The normalized spacial score (nSPS) is 20.3. The summed E-state index contributed by atoms with van der Waals surface area (Å²) in [5.41, 5.74) is 0.923. The van der Waals surface area contributed by atoms with Crippen LogP contribution in [0.15, 0.2) is 29.0 Å². The summed E-state index contributed by atoms with van der Waals surface area (Å²) in [6.45, 7) is 3.25. The first-order chi connectivity index (χ1) is 8.38. The van der Waals surface area contributed by atoms with Gasteiger partial charge in [0.25, 0.3) is 0 Å². The Hall–Kier alpha value is -1.55. The Morgan fingerprint density at radius 1 is 1.53 bits per heavy atom. The van der Waals surface area contributed by atoms with Crippen LogP contribution in [0.1, 0.15) is 6.42 Å². The predicted octanol–water partition coefficient (Wildman–Crippen LogP) is 1.87. The van der Waals surface area contributed by atoms with E-state index in [1.807, 2.05) is 25.4 Å². The molecule has 1 unspecified atom stereocenters. The maximum Gasteiger partial charge on any atom is 0.139 e. The summed E-state index contributed by atoms with van der Waals surface area (Å²) < 4.78 is 5.41. The van der Waals surface area contributed by atoms with E-state index in [1.54, 1.807) is 6.26 Å². The van der Waals surface area contributed by atoms with Crippen molar-refractivity contribution in [1.29, 1.82) is 0 Å². The third kappa shape index (κ3) is 1.89. The van der Waals surface area contributed by atoms with Crippen LogP contribution in [0.3, 0.4) is 0 Å². The highest BCUT2D eigenvalue weighted by Crippen LogP contribution is 2.29. The van der Waals surface area contributed by atoms with Gasteiger partial charge in [0.2, 0.25) is 0 Å². The van der Waals surface area contributed by atoms with Crippen molar-refractivity contribution in [3.05, 3.63) is 24.6 Å². The number of fused-ring (bicyclic) bond motifs is 1. The van der Waals surface area contributed by atoms with E-state index in [2.05, 4.69) is 15.2 Å². The van der Waals surface area contributed by atoms with Gasteiger partial charge < -0.3 is 14.6 Å². The second kappa shape index (κ2) is 4.37. The van der Waals surface area contributed by atoms with Gasteiger partial charge in [-0.15, -0.1) is 0 Å². The molecule has 1 atom stereocenters. The van der Waals surface area contributed by atoms with Gasteiger partial charge in [-0.05, 0) is 38.1 Å². The number of aromatic nitrogens is 1. The van der Waals surface area contributed by atoms with Gasteiger partial charge in [-0.25, -0.2) is 4.98 Å². The number of pyridine rings is 1. The molecule has 0 saturated carbocycles. The van der Waals surface area contributed by atoms with E-state index >= 15 is 0 Å². The van der Waals surface area contributed by atoms with E-state index in [9.17, 15) is 0 Å². The molecule has 1 aliphatic rings. The predicted molar refractivity (Wildman–Crippen MR) is 68.3 cm³/mol. The minimum absolute atomic E-state index is 0.726. The first kappa shape index (κ1) is 10.6. The highest BCUT2D eigenvalue weighted by atomic mass is 16.3. The topological polar surface area (TPSA) is 41.3 Å². The lowest BCUT2D eigenvalue weighted by Gasteiger charge is -2.18. The van der Waals surface area contributed by atoms with Gasteiger partial charge in [0.05, 0.1) is 11.6 Å². The van der Waals surface area contributed by atoms with Crippen molar-refractivity contribution >= 4 is 16.8 Å². The van der Waals surface area contributed by atoms with Crippen LogP contribution in [-0.2, 0) is 0 Å². The monoisotopic (exact) mass is 231 g/mol. The summed E-state index contributed by atoms with van der Waals surface area (Å²) in [7, 11) is 2.01. The van der Waals surface area contributed by atoms with Crippen molar-refractivity contribution in [1.82, 2.24) is 10.3 Å². The molecular formula is C13H17N3O. The maximum absolute atomic E-state index is 5.41. The Morgan fingerprint density at radius 3 is 3.35 bits per heavy atom. The highest BCUT2D eigenvalue weighted by Gasteiger charge is 2.24. The van der Waals surface area contributed by atoms with Crippen LogP contribution in [0.4, 0.5) is 5.82 Å². The van der Waals surface area contributed by atoms with E-state index in [-0.39, 0.29) is 0 Å². The molecule has 2 aromatic heterocycles. The Labute approximate surface area is 101 Å². The number of rotatable bonds is 3. The van der Waals surface area contributed by atoms with Crippen molar-refractivity contribution in [2.24, 2.45) is 5.92 Å². The van der Waals surface area contributed by atoms with Crippen LogP contribution in [0, 0.1) is 5.92 Å². The summed E-state index contributed by atoms with van der Waals surface area (Å²) in [5, 5.41) is 4.37. The molecule has 0 amide bonds. The van der Waals surface area contributed by atoms with Gasteiger partial charge in [0.1, 0.15) is 11.4 Å². The van der Waals surface area contributed by atoms with Crippen molar-refractivity contribution in [3.63, 3.8) is 0 Å². The first-order valence-electron chi connectivity index (χ1n) is 6.10. The van der Waals surface area contributed by atoms with Crippen LogP contribution >= 0.6 is 0 Å². The molecule has 0 spiro atoms. The lowest BCUT2D eigenvalue weighted by atomic mass is 10.1. The van der Waals surface area contributed by atoms with E-state index in [1.165, 1.54) is 6.42 Å². The summed E-state index contributed by atoms with van der Waals surface area (Å²) in [6, 6.07) is 3.92. The summed E-state index contributed by atoms with van der Waals surface area (Å²) in [6.07, 6.45) is 4.79. The Balaban J connectivity index is 1.87. The standard InChI is InChI=1S/C13H17N3O/c1-14-8-10-3-6-16(9-10)13-11-4-7-17-12(11)2-5-15-13/h2,4-5,7,10,14H,3,6,8-9H2,1H3. The summed E-state index contributed by atoms with van der Waals surface area (Å²) >= 11 is 0. The minimum atomic E-state index is 0.726. The Morgan fingerprint density at radius 2 is 2.47 bits per heavy atom. The highest BCUT2D eigenvalue weighted by molar-refractivity contribution is 5.88. The van der Waals surface area contributed by atoms with Crippen LogP contribution in [0.25, 0.3) is 11.0 Å². The van der Waals surface area contributed by atoms with E-state index in [0.717, 1.165) is 42.3 Å². The average Bonchev–Trinajstić information content (AvgIpc) is 2.96. The van der Waals surface area contributed by atoms with Gasteiger partial charge >= 0.3 is 0 Å². The summed E-state index contributed by atoms with van der Waals surface area (Å²) in [4.78, 5) is 6.86. The van der Waals surface area contributed by atoms with Gasteiger partial charge in [0, 0.05) is 19.3 Å². The van der Waals surface area contributed by atoms with Crippen molar-refractivity contribution in [2.75, 3.05) is 31.6 Å². The molecule has 1 aliphatic heterocycles. The average molecular weight is 231 g/mol. The third-order valence-corrected chi connectivity index (χ3v) is 3.44. The number of nitrogens with one attached hydrogen (secondary N) is 1. The number of nitrogens with zero attached hydrogens (tertiary/aromatic N) is 2. The lowest BCUT2D eigenvalue weighted by Crippen LogP contribution is -2.24. The number of anilines is 1. The molecule has 17 heavy (non-hydrogen) atoms. The van der Waals surface area contributed by atoms with Gasteiger partial charge in [-0.1, -0.05) is 0 Å². The van der Waals surface area contributed by atoms with Crippen molar-refractivity contribution in [2.45, 2.75) is 6.42 Å². The molecule has 90 valence electrons. The molecule has 4 heteroatoms. The molecule has 1 N–H and O–H groups in total. The Bertz CT molecular complexity index is 508. The van der Waals surface area contributed by atoms with E-state index in [0.29, 0.717) is 0 Å². The van der Waals surface area contributed by atoms with Gasteiger partial charge in [0.15, 0.2) is 0 Å². The molecule has 0 aromatic carbocycles. The van der Waals surface area contributed by atoms with E-state index < -0.39 is 0 Å². The smallest absolute Gasteiger partial charge is 0.139 e. The molecule has 1 saturated heterocycles. The van der Waals surface area contributed by atoms with E-state index in [4.69, 9.17) is 4.42 Å². The van der Waals surface area contributed by atoms with Crippen molar-refractivity contribution in [3.8, 4) is 0 Å². The fraction of sp³-hybridized carbons (Fsp3) is 0.462. The van der Waals surface area contributed by atoms with Crippen molar-refractivity contribution < 1.29 is 4.42 Å². The third-order valence-electron chi connectivity index (χ3n) is 3.44. The second-order valence-corrected chi connectivity index (χ2v) is 4.63. The minimum Gasteiger partial charge on any atom is -0.464 e. The van der Waals surface area contributed by atoms with Crippen LogP contribution in [0.2, 0.25) is 0 Å². The van der Waals surface area contributed by atoms with Gasteiger partial charge in [-0.3, -0.25) is 0 Å².